The van der Waals surface area contributed by atoms with E-state index in [0.29, 0.717) is 17.4 Å². The summed E-state index contributed by atoms with van der Waals surface area (Å²) in [5.41, 5.74) is 8.13. The topological polar surface area (TPSA) is 90.7 Å². The second-order valence-corrected chi connectivity index (χ2v) is 4.39. The van der Waals surface area contributed by atoms with E-state index in [1.165, 1.54) is 0 Å². The van der Waals surface area contributed by atoms with Gasteiger partial charge in [-0.1, -0.05) is 11.2 Å². The van der Waals surface area contributed by atoms with Crippen molar-refractivity contribution in [2.75, 3.05) is 0 Å². The van der Waals surface area contributed by atoms with Gasteiger partial charge in [0.2, 0.25) is 11.7 Å². The van der Waals surface area contributed by atoms with Gasteiger partial charge < -0.3 is 10.3 Å². The Bertz CT molecular complexity index is 691. The normalized spacial score (nSPS) is 12.3. The Morgan fingerprint density at radius 2 is 2.00 bits per heavy atom. The van der Waals surface area contributed by atoms with Crippen LogP contribution in [0.25, 0.3) is 22.8 Å². The third kappa shape index (κ3) is 2.41. The standard InChI is InChI=1S/C14H13N5O/c1-9(15)14-18-13(19-20-14)12-6-5-10(8-17-12)11-4-2-3-7-16-11/h2-9H,15H2,1H3. The Morgan fingerprint density at radius 1 is 1.10 bits per heavy atom. The van der Waals surface area contributed by atoms with Crippen molar-refractivity contribution >= 4 is 0 Å². The third-order valence-corrected chi connectivity index (χ3v) is 2.78. The molecule has 0 radical (unpaired) electrons. The van der Waals surface area contributed by atoms with Crippen molar-refractivity contribution in [1.82, 2.24) is 20.1 Å². The lowest BCUT2D eigenvalue weighted by molar-refractivity contribution is 0.362. The van der Waals surface area contributed by atoms with Gasteiger partial charge >= 0.3 is 0 Å². The summed E-state index contributed by atoms with van der Waals surface area (Å²) in [4.78, 5) is 12.8. The largest absolute Gasteiger partial charge is 0.337 e. The van der Waals surface area contributed by atoms with Crippen molar-refractivity contribution in [3.05, 3.63) is 48.6 Å². The lowest BCUT2D eigenvalue weighted by atomic mass is 10.2. The molecule has 100 valence electrons. The SMILES string of the molecule is CC(N)c1nc(-c2ccc(-c3ccccn3)cn2)no1. The maximum Gasteiger partial charge on any atom is 0.243 e. The van der Waals surface area contributed by atoms with Crippen molar-refractivity contribution < 1.29 is 4.52 Å². The maximum absolute atomic E-state index is 5.68. The average Bonchev–Trinajstić information content (AvgIpc) is 2.98. The molecule has 6 nitrogen and oxygen atoms in total. The maximum atomic E-state index is 5.68. The zero-order valence-electron chi connectivity index (χ0n) is 10.9. The number of hydrogen-bond donors (Lipinski definition) is 1. The molecule has 3 aromatic rings. The summed E-state index contributed by atoms with van der Waals surface area (Å²) in [5, 5.41) is 3.87. The van der Waals surface area contributed by atoms with Crippen molar-refractivity contribution in [3.8, 4) is 22.8 Å². The van der Waals surface area contributed by atoms with Gasteiger partial charge in [-0.2, -0.15) is 4.98 Å². The molecule has 1 atom stereocenters. The van der Waals surface area contributed by atoms with Crippen LogP contribution in [0.4, 0.5) is 0 Å². The molecule has 0 fully saturated rings. The highest BCUT2D eigenvalue weighted by atomic mass is 16.5. The van der Waals surface area contributed by atoms with Crippen molar-refractivity contribution in [2.24, 2.45) is 5.73 Å². The lowest BCUT2D eigenvalue weighted by Gasteiger charge is -2.00. The highest BCUT2D eigenvalue weighted by Crippen LogP contribution is 2.20. The van der Waals surface area contributed by atoms with Gasteiger partial charge in [0.15, 0.2) is 0 Å². The Balaban J connectivity index is 1.89. The van der Waals surface area contributed by atoms with Crippen molar-refractivity contribution in [2.45, 2.75) is 13.0 Å². The molecular formula is C14H13N5O. The van der Waals surface area contributed by atoms with Crippen LogP contribution < -0.4 is 5.73 Å². The molecule has 0 aromatic carbocycles. The van der Waals surface area contributed by atoms with E-state index in [4.69, 9.17) is 10.3 Å². The van der Waals surface area contributed by atoms with E-state index < -0.39 is 0 Å². The minimum Gasteiger partial charge on any atom is -0.337 e. The van der Waals surface area contributed by atoms with E-state index in [2.05, 4.69) is 20.1 Å². The second-order valence-electron chi connectivity index (χ2n) is 4.39. The molecule has 1 unspecified atom stereocenters. The van der Waals surface area contributed by atoms with Crippen LogP contribution in [0.1, 0.15) is 18.9 Å². The number of hydrogen-bond acceptors (Lipinski definition) is 6. The Morgan fingerprint density at radius 3 is 2.60 bits per heavy atom. The van der Waals surface area contributed by atoms with E-state index in [-0.39, 0.29) is 6.04 Å². The van der Waals surface area contributed by atoms with Crippen molar-refractivity contribution in [1.29, 1.82) is 0 Å². The summed E-state index contributed by atoms with van der Waals surface area (Å²) in [5.74, 6) is 0.834. The predicted octanol–water partition coefficient (Wildman–Crippen LogP) is 2.21. The smallest absolute Gasteiger partial charge is 0.243 e. The first-order valence-electron chi connectivity index (χ1n) is 6.21. The molecule has 0 bridgehead atoms. The number of rotatable bonds is 3. The first kappa shape index (κ1) is 12.4. The van der Waals surface area contributed by atoms with Crippen LogP contribution in [0.2, 0.25) is 0 Å². The Labute approximate surface area is 115 Å². The summed E-state index contributed by atoms with van der Waals surface area (Å²) < 4.78 is 5.06. The molecular weight excluding hydrogens is 254 g/mol. The fourth-order valence-electron chi connectivity index (χ4n) is 1.74. The number of nitrogens with zero attached hydrogens (tertiary/aromatic N) is 4. The molecule has 20 heavy (non-hydrogen) atoms. The number of pyridine rings is 2. The molecule has 0 aliphatic carbocycles. The van der Waals surface area contributed by atoms with Crippen molar-refractivity contribution in [3.63, 3.8) is 0 Å². The second kappa shape index (κ2) is 5.18. The molecule has 0 aliphatic heterocycles. The fourth-order valence-corrected chi connectivity index (χ4v) is 1.74. The van der Waals surface area contributed by atoms with E-state index in [0.717, 1.165) is 11.3 Å². The van der Waals surface area contributed by atoms with Gasteiger partial charge in [0.25, 0.3) is 0 Å². The van der Waals surface area contributed by atoms with Crippen LogP contribution in [-0.2, 0) is 0 Å². The molecule has 0 saturated carbocycles. The van der Waals surface area contributed by atoms with Gasteiger partial charge in [-0.05, 0) is 31.2 Å². The van der Waals surface area contributed by atoms with E-state index >= 15 is 0 Å². The molecule has 0 aliphatic rings. The summed E-state index contributed by atoms with van der Waals surface area (Å²) in [6.45, 7) is 1.79. The molecule has 3 aromatic heterocycles. The summed E-state index contributed by atoms with van der Waals surface area (Å²) >= 11 is 0. The molecule has 0 saturated heterocycles. The van der Waals surface area contributed by atoms with Crippen LogP contribution >= 0.6 is 0 Å². The minimum absolute atomic E-state index is 0.288. The first-order valence-corrected chi connectivity index (χ1v) is 6.21. The molecule has 0 amide bonds. The van der Waals surface area contributed by atoms with Crippen LogP contribution in [-0.4, -0.2) is 20.1 Å². The summed E-state index contributed by atoms with van der Waals surface area (Å²) in [6.07, 6.45) is 3.48. The Hall–Kier alpha value is -2.60. The van der Waals surface area contributed by atoms with E-state index in [9.17, 15) is 0 Å². The van der Waals surface area contributed by atoms with Gasteiger partial charge in [-0.25, -0.2) is 0 Å². The van der Waals surface area contributed by atoms with Gasteiger partial charge in [0.05, 0.1) is 11.7 Å². The Kier molecular flexibility index (Phi) is 3.22. The predicted molar refractivity (Wildman–Crippen MR) is 73.4 cm³/mol. The number of nitrogens with two attached hydrogens (primary N) is 1. The highest BCUT2D eigenvalue weighted by Gasteiger charge is 2.12. The third-order valence-electron chi connectivity index (χ3n) is 2.78. The van der Waals surface area contributed by atoms with Crippen LogP contribution in [0.5, 0.6) is 0 Å². The fraction of sp³-hybridized carbons (Fsp3) is 0.143. The molecule has 2 N–H and O–H groups in total. The van der Waals surface area contributed by atoms with Gasteiger partial charge in [0, 0.05) is 18.0 Å². The van der Waals surface area contributed by atoms with Gasteiger partial charge in [0.1, 0.15) is 5.69 Å². The van der Waals surface area contributed by atoms with E-state index in [1.807, 2.05) is 30.3 Å². The lowest BCUT2D eigenvalue weighted by Crippen LogP contribution is -2.04. The quantitative estimate of drug-likeness (QED) is 0.782. The van der Waals surface area contributed by atoms with Crippen LogP contribution in [0.3, 0.4) is 0 Å². The average molecular weight is 267 g/mol. The zero-order valence-corrected chi connectivity index (χ0v) is 10.9. The summed E-state index contributed by atoms with van der Waals surface area (Å²) in [7, 11) is 0. The molecule has 0 spiro atoms. The van der Waals surface area contributed by atoms with Gasteiger partial charge in [-0.3, -0.25) is 9.97 Å². The summed E-state index contributed by atoms with van der Waals surface area (Å²) in [6, 6.07) is 9.21. The minimum atomic E-state index is -0.288. The number of aromatic nitrogens is 4. The van der Waals surface area contributed by atoms with E-state index in [1.54, 1.807) is 19.3 Å². The molecule has 3 rings (SSSR count). The monoisotopic (exact) mass is 267 g/mol. The van der Waals surface area contributed by atoms with Gasteiger partial charge in [-0.15, -0.1) is 0 Å². The zero-order chi connectivity index (χ0) is 13.9. The molecule has 6 heteroatoms. The highest BCUT2D eigenvalue weighted by molar-refractivity contribution is 5.60. The molecule has 3 heterocycles. The van der Waals surface area contributed by atoms with Crippen LogP contribution in [0, 0.1) is 0 Å². The first-order chi connectivity index (χ1) is 9.74. The van der Waals surface area contributed by atoms with Crippen LogP contribution in [0.15, 0.2) is 47.2 Å².